The predicted octanol–water partition coefficient (Wildman–Crippen LogP) is 5.17. The molecule has 0 unspecified atom stereocenters. The van der Waals surface area contributed by atoms with Crippen molar-refractivity contribution in [3.05, 3.63) is 145 Å². The summed E-state index contributed by atoms with van der Waals surface area (Å²) in [6.07, 6.45) is 3.32. The lowest BCUT2D eigenvalue weighted by Gasteiger charge is -2.13. The van der Waals surface area contributed by atoms with Crippen molar-refractivity contribution < 1.29 is 29.0 Å². The highest BCUT2D eigenvalue weighted by Gasteiger charge is 2.39. The maximum Gasteiger partial charge on any atom is 0.270 e. The normalized spacial score (nSPS) is 13.6. The molecule has 0 aromatic heterocycles. The first-order chi connectivity index (χ1) is 21.1. The zero-order chi connectivity index (χ0) is 31.1. The number of amides is 4. The van der Waals surface area contributed by atoms with Crippen LogP contribution in [0.1, 0.15) is 52.6 Å². The molecule has 0 spiro atoms. The van der Waals surface area contributed by atoms with Gasteiger partial charge in [-0.3, -0.25) is 39.4 Å². The number of nitro groups is 2. The van der Waals surface area contributed by atoms with Crippen molar-refractivity contribution in [2.45, 2.75) is 0 Å². The van der Waals surface area contributed by atoms with Crippen LogP contribution in [0.3, 0.4) is 0 Å². The molecule has 2 aliphatic rings. The van der Waals surface area contributed by atoms with Crippen molar-refractivity contribution in [2.24, 2.45) is 0 Å². The Labute approximate surface area is 247 Å². The molecule has 6 rings (SSSR count). The van der Waals surface area contributed by atoms with E-state index in [9.17, 15) is 39.4 Å². The van der Waals surface area contributed by atoms with Gasteiger partial charge in [-0.05, 0) is 66.2 Å². The fraction of sp³-hybridized carbons (Fsp3) is 0. The number of fused-ring (bicyclic) bond motifs is 2. The minimum Gasteiger partial charge on any atom is -0.268 e. The molecule has 0 radical (unpaired) electrons. The maximum absolute atomic E-state index is 12.8. The van der Waals surface area contributed by atoms with Crippen LogP contribution in [-0.2, 0) is 0 Å². The molecular weight excluding hydrogens is 568 g/mol. The number of rotatable bonds is 5. The monoisotopic (exact) mass is 584 g/mol. The summed E-state index contributed by atoms with van der Waals surface area (Å²) < 4.78 is 0. The second-order valence-electron chi connectivity index (χ2n) is 9.61. The summed E-state index contributed by atoms with van der Waals surface area (Å²) in [5.74, 6) is 3.40. The molecule has 0 bridgehead atoms. The lowest BCUT2D eigenvalue weighted by Crippen LogP contribution is -2.29. The zero-order valence-corrected chi connectivity index (χ0v) is 22.3. The van der Waals surface area contributed by atoms with Crippen LogP contribution in [0.5, 0.6) is 0 Å². The van der Waals surface area contributed by atoms with E-state index in [0.29, 0.717) is 16.9 Å². The summed E-state index contributed by atoms with van der Waals surface area (Å²) in [5, 5.41) is 22.1. The second kappa shape index (κ2) is 10.6. The van der Waals surface area contributed by atoms with E-state index in [1.165, 1.54) is 24.3 Å². The number of benzene rings is 4. The summed E-state index contributed by atoms with van der Waals surface area (Å²) in [6, 6.07) is 20.0. The Balaban J connectivity index is 1.12. The van der Waals surface area contributed by atoms with Crippen molar-refractivity contribution in [1.82, 2.24) is 0 Å². The molecule has 2 heterocycles. The Morgan fingerprint density at radius 2 is 1.00 bits per heavy atom. The number of imide groups is 2. The van der Waals surface area contributed by atoms with E-state index in [2.05, 4.69) is 11.8 Å². The SMILES string of the molecule is O=C1c2ccc([N+](=O)[O-])cc2C(=O)N1c1ccc(C#C/C=C/c2ccc(N3C(=O)c4ccc([N+](=O)[O-])cc4C3=O)cc2)cc1. The number of nitro benzene ring substituents is 2. The fourth-order valence-corrected chi connectivity index (χ4v) is 4.84. The molecule has 0 atom stereocenters. The Bertz CT molecular complexity index is 2050. The third-order valence-electron chi connectivity index (χ3n) is 7.01. The van der Waals surface area contributed by atoms with Crippen LogP contribution in [0, 0.1) is 32.1 Å². The molecule has 12 heteroatoms. The lowest BCUT2D eigenvalue weighted by atomic mass is 10.1. The van der Waals surface area contributed by atoms with Crippen LogP contribution >= 0.6 is 0 Å². The standard InChI is InChI=1S/C32H16N4O8/c37-29-25-15-13-23(35(41)42)17-27(25)31(39)33(29)21-9-5-19(6-10-21)3-1-2-4-20-7-11-22(12-8-20)34-30(38)26-16-14-24(36(43)44)18-28(26)32(34)40/h1,3,5-18H/b3-1+. The first-order valence-electron chi connectivity index (χ1n) is 12.9. The maximum atomic E-state index is 12.8. The first kappa shape index (κ1) is 27.4. The van der Waals surface area contributed by atoms with Crippen LogP contribution in [0.15, 0.2) is 91.0 Å². The molecule has 44 heavy (non-hydrogen) atoms. The van der Waals surface area contributed by atoms with Crippen molar-refractivity contribution in [1.29, 1.82) is 0 Å². The van der Waals surface area contributed by atoms with Gasteiger partial charge in [-0.2, -0.15) is 0 Å². The van der Waals surface area contributed by atoms with E-state index in [1.807, 2.05) is 0 Å². The van der Waals surface area contributed by atoms with Gasteiger partial charge in [0.15, 0.2) is 0 Å². The number of hydrogen-bond donors (Lipinski definition) is 0. The molecule has 2 aliphatic heterocycles. The molecule has 4 aromatic rings. The summed E-state index contributed by atoms with van der Waals surface area (Å²) in [5.41, 5.74) is 1.55. The number of carbonyl (C=O) groups is 4. The minimum absolute atomic E-state index is 0.0218. The number of allylic oxidation sites excluding steroid dienone is 1. The zero-order valence-electron chi connectivity index (χ0n) is 22.3. The predicted molar refractivity (Wildman–Crippen MR) is 157 cm³/mol. The number of carbonyl (C=O) groups excluding carboxylic acids is 4. The number of nitrogens with zero attached hydrogens (tertiary/aromatic N) is 4. The molecule has 212 valence electrons. The number of non-ortho nitro benzene ring substituents is 2. The van der Waals surface area contributed by atoms with Gasteiger partial charge in [0.25, 0.3) is 35.0 Å². The molecule has 0 saturated heterocycles. The quantitative estimate of drug-likeness (QED) is 0.134. The third-order valence-corrected chi connectivity index (χ3v) is 7.01. The van der Waals surface area contributed by atoms with Gasteiger partial charge < -0.3 is 0 Å². The van der Waals surface area contributed by atoms with Gasteiger partial charge in [0.05, 0.1) is 43.5 Å². The van der Waals surface area contributed by atoms with Crippen LogP contribution in [0.25, 0.3) is 6.08 Å². The van der Waals surface area contributed by atoms with Gasteiger partial charge in [-0.25, -0.2) is 9.80 Å². The first-order valence-corrected chi connectivity index (χ1v) is 12.9. The van der Waals surface area contributed by atoms with Crippen LogP contribution in [0.2, 0.25) is 0 Å². The second-order valence-corrected chi connectivity index (χ2v) is 9.61. The van der Waals surface area contributed by atoms with Gasteiger partial charge in [0.2, 0.25) is 0 Å². The van der Waals surface area contributed by atoms with Crippen molar-refractivity contribution in [3.63, 3.8) is 0 Å². The van der Waals surface area contributed by atoms with E-state index in [1.54, 1.807) is 60.7 Å². The smallest absolute Gasteiger partial charge is 0.268 e. The third kappa shape index (κ3) is 4.66. The Kier molecular flexibility index (Phi) is 6.60. The fourth-order valence-electron chi connectivity index (χ4n) is 4.84. The average molecular weight is 585 g/mol. The molecule has 12 nitrogen and oxygen atoms in total. The number of anilines is 2. The molecule has 4 amide bonds. The van der Waals surface area contributed by atoms with Crippen molar-refractivity contribution >= 4 is 52.5 Å². The Hall–Kier alpha value is -6.74. The summed E-state index contributed by atoms with van der Waals surface area (Å²) in [4.78, 5) is 74.0. The summed E-state index contributed by atoms with van der Waals surface area (Å²) in [6.45, 7) is 0. The highest BCUT2D eigenvalue weighted by Crippen LogP contribution is 2.32. The molecule has 0 N–H and O–H groups in total. The van der Waals surface area contributed by atoms with Gasteiger partial charge in [0, 0.05) is 29.8 Å². The van der Waals surface area contributed by atoms with Gasteiger partial charge >= 0.3 is 0 Å². The lowest BCUT2D eigenvalue weighted by molar-refractivity contribution is -0.385. The molecule has 0 fully saturated rings. The van der Waals surface area contributed by atoms with E-state index < -0.39 is 33.5 Å². The summed E-state index contributed by atoms with van der Waals surface area (Å²) >= 11 is 0. The molecule has 0 aliphatic carbocycles. The highest BCUT2D eigenvalue weighted by atomic mass is 16.6. The molecule has 0 saturated carbocycles. The Morgan fingerprint density at radius 3 is 1.45 bits per heavy atom. The van der Waals surface area contributed by atoms with E-state index in [0.717, 1.165) is 27.5 Å². The highest BCUT2D eigenvalue weighted by molar-refractivity contribution is 6.35. The van der Waals surface area contributed by atoms with E-state index in [4.69, 9.17) is 0 Å². The van der Waals surface area contributed by atoms with E-state index in [-0.39, 0.29) is 33.6 Å². The van der Waals surface area contributed by atoms with Crippen LogP contribution < -0.4 is 9.80 Å². The van der Waals surface area contributed by atoms with Gasteiger partial charge in [0.1, 0.15) is 0 Å². The average Bonchev–Trinajstić information content (AvgIpc) is 3.43. The molecule has 4 aromatic carbocycles. The van der Waals surface area contributed by atoms with Gasteiger partial charge in [-0.1, -0.05) is 24.0 Å². The molecular formula is C32H16N4O8. The number of hydrogen-bond acceptors (Lipinski definition) is 8. The topological polar surface area (TPSA) is 161 Å². The van der Waals surface area contributed by atoms with Crippen molar-refractivity contribution in [3.8, 4) is 11.8 Å². The Morgan fingerprint density at radius 1 is 0.568 bits per heavy atom. The van der Waals surface area contributed by atoms with E-state index >= 15 is 0 Å². The van der Waals surface area contributed by atoms with Crippen LogP contribution in [-0.4, -0.2) is 33.5 Å². The summed E-state index contributed by atoms with van der Waals surface area (Å²) in [7, 11) is 0. The van der Waals surface area contributed by atoms with Gasteiger partial charge in [-0.15, -0.1) is 0 Å². The minimum atomic E-state index is -0.645. The van der Waals surface area contributed by atoms with Crippen molar-refractivity contribution in [2.75, 3.05) is 9.80 Å². The largest absolute Gasteiger partial charge is 0.270 e. The van der Waals surface area contributed by atoms with Crippen LogP contribution in [0.4, 0.5) is 22.7 Å².